The molecule has 0 amide bonds. The lowest BCUT2D eigenvalue weighted by molar-refractivity contribution is 0.169. The first-order valence-corrected chi connectivity index (χ1v) is 7.96. The normalized spacial score (nSPS) is 36.1. The van der Waals surface area contributed by atoms with Gasteiger partial charge in [0.05, 0.1) is 10.5 Å². The number of hydrogen-bond donors (Lipinski definition) is 1. The molecule has 94 valence electrons. The molecule has 0 bridgehead atoms. The summed E-state index contributed by atoms with van der Waals surface area (Å²) in [5, 5.41) is 0. The van der Waals surface area contributed by atoms with E-state index < -0.39 is 14.6 Å². The molecule has 2 fully saturated rings. The zero-order valence-electron chi connectivity index (χ0n) is 10.3. The largest absolute Gasteiger partial charge is 0.325 e. The zero-order chi connectivity index (χ0) is 12.0. The average molecular weight is 245 g/mol. The molecule has 0 aromatic rings. The minimum absolute atomic E-state index is 0.144. The third kappa shape index (κ3) is 1.70. The molecule has 0 aromatic heterocycles. The summed E-state index contributed by atoms with van der Waals surface area (Å²) in [5.74, 6) is 0.467. The lowest BCUT2D eigenvalue weighted by atomic mass is 9.68. The van der Waals surface area contributed by atoms with Crippen LogP contribution in [0.3, 0.4) is 0 Å². The van der Waals surface area contributed by atoms with E-state index in [4.69, 9.17) is 5.73 Å². The molecule has 1 aliphatic heterocycles. The molecule has 2 aliphatic rings. The van der Waals surface area contributed by atoms with Crippen LogP contribution in [0.4, 0.5) is 0 Å². The minimum atomic E-state index is -2.94. The van der Waals surface area contributed by atoms with Gasteiger partial charge in [-0.3, -0.25) is 0 Å². The van der Waals surface area contributed by atoms with E-state index in [0.29, 0.717) is 5.75 Å². The molecule has 1 aliphatic carbocycles. The highest BCUT2D eigenvalue weighted by Crippen LogP contribution is 2.47. The van der Waals surface area contributed by atoms with Crippen LogP contribution in [-0.4, -0.2) is 24.5 Å². The Labute approximate surface area is 98.7 Å². The van der Waals surface area contributed by atoms with Crippen LogP contribution in [0.2, 0.25) is 0 Å². The highest BCUT2D eigenvalue weighted by Gasteiger charge is 2.54. The maximum atomic E-state index is 12.0. The van der Waals surface area contributed by atoms with Gasteiger partial charge >= 0.3 is 0 Å². The van der Waals surface area contributed by atoms with Crippen molar-refractivity contribution in [1.82, 2.24) is 0 Å². The molecule has 4 heteroatoms. The summed E-state index contributed by atoms with van der Waals surface area (Å²) in [5.41, 5.74) is 6.27. The lowest BCUT2D eigenvalue weighted by Gasteiger charge is -2.43. The Morgan fingerprint density at radius 2 is 1.69 bits per heavy atom. The summed E-state index contributed by atoms with van der Waals surface area (Å²) in [4.78, 5) is 0. The van der Waals surface area contributed by atoms with Crippen LogP contribution < -0.4 is 5.73 Å². The Bertz CT molecular complexity index is 366. The first kappa shape index (κ1) is 12.4. The quantitative estimate of drug-likeness (QED) is 0.767. The second kappa shape index (κ2) is 3.70. The maximum absolute atomic E-state index is 12.0. The Hall–Kier alpha value is -0.0900. The summed E-state index contributed by atoms with van der Waals surface area (Å²) >= 11 is 0. The van der Waals surface area contributed by atoms with Gasteiger partial charge in [0.15, 0.2) is 9.84 Å². The molecule has 2 rings (SSSR count). The van der Waals surface area contributed by atoms with E-state index in [0.717, 1.165) is 32.1 Å². The van der Waals surface area contributed by atoms with Crippen LogP contribution in [-0.2, 0) is 9.84 Å². The van der Waals surface area contributed by atoms with Crippen molar-refractivity contribution in [1.29, 1.82) is 0 Å². The van der Waals surface area contributed by atoms with Crippen molar-refractivity contribution >= 4 is 9.84 Å². The van der Waals surface area contributed by atoms with Crippen LogP contribution in [0.25, 0.3) is 0 Å². The van der Waals surface area contributed by atoms with Crippen molar-refractivity contribution in [3.8, 4) is 0 Å². The first-order chi connectivity index (χ1) is 7.30. The molecule has 0 spiro atoms. The summed E-state index contributed by atoms with van der Waals surface area (Å²) in [7, 11) is -2.94. The van der Waals surface area contributed by atoms with E-state index in [1.165, 1.54) is 6.42 Å². The molecule has 1 unspecified atom stereocenters. The molecule has 16 heavy (non-hydrogen) atoms. The van der Waals surface area contributed by atoms with Crippen LogP contribution in [0.1, 0.15) is 52.4 Å². The molecular formula is C12H23NO2S. The van der Waals surface area contributed by atoms with Gasteiger partial charge in [0, 0.05) is 5.54 Å². The monoisotopic (exact) mass is 245 g/mol. The molecular weight excluding hydrogens is 222 g/mol. The predicted molar refractivity (Wildman–Crippen MR) is 66.0 cm³/mol. The van der Waals surface area contributed by atoms with Crippen molar-refractivity contribution in [2.24, 2.45) is 11.7 Å². The van der Waals surface area contributed by atoms with Gasteiger partial charge in [-0.1, -0.05) is 19.3 Å². The molecule has 1 atom stereocenters. The second-order valence-electron chi connectivity index (χ2n) is 6.06. The second-order valence-corrected chi connectivity index (χ2v) is 8.75. The first-order valence-electron chi connectivity index (χ1n) is 6.31. The highest BCUT2D eigenvalue weighted by molar-refractivity contribution is 7.93. The van der Waals surface area contributed by atoms with Crippen molar-refractivity contribution in [2.45, 2.75) is 62.7 Å². The molecule has 3 nitrogen and oxygen atoms in total. The van der Waals surface area contributed by atoms with Crippen molar-refractivity contribution in [3.05, 3.63) is 0 Å². The fraction of sp³-hybridized carbons (Fsp3) is 1.00. The molecule has 1 heterocycles. The van der Waals surface area contributed by atoms with E-state index in [1.807, 2.05) is 13.8 Å². The van der Waals surface area contributed by atoms with Crippen molar-refractivity contribution < 1.29 is 8.42 Å². The lowest BCUT2D eigenvalue weighted by Crippen LogP contribution is -2.55. The van der Waals surface area contributed by atoms with Gasteiger partial charge in [-0.15, -0.1) is 0 Å². The van der Waals surface area contributed by atoms with E-state index >= 15 is 0 Å². The SMILES string of the molecule is CC1(C)C(C2(N)CCCCC2)CCS1(=O)=O. The van der Waals surface area contributed by atoms with Gasteiger partial charge in [0.2, 0.25) is 0 Å². The fourth-order valence-electron chi connectivity index (χ4n) is 3.64. The summed E-state index contributed by atoms with van der Waals surface area (Å²) in [6, 6.07) is 0. The van der Waals surface area contributed by atoms with Gasteiger partial charge in [-0.25, -0.2) is 8.42 Å². The Kier molecular flexibility index (Phi) is 2.86. The van der Waals surface area contributed by atoms with E-state index in [2.05, 4.69) is 0 Å². The van der Waals surface area contributed by atoms with Crippen molar-refractivity contribution in [2.75, 3.05) is 5.75 Å². The average Bonchev–Trinajstić information content (AvgIpc) is 2.38. The van der Waals surface area contributed by atoms with Gasteiger partial charge in [-0.2, -0.15) is 0 Å². The third-order valence-corrected chi connectivity index (χ3v) is 7.46. The standard InChI is InChI=1S/C12H23NO2S/c1-11(2)10(6-9-16(11,14)15)12(13)7-4-3-5-8-12/h10H,3-9,13H2,1-2H3. The Morgan fingerprint density at radius 3 is 2.12 bits per heavy atom. The molecule has 0 radical (unpaired) electrons. The van der Waals surface area contributed by atoms with Gasteiger partial charge in [0.1, 0.15) is 0 Å². The van der Waals surface area contributed by atoms with E-state index in [-0.39, 0.29) is 11.5 Å². The zero-order valence-corrected chi connectivity index (χ0v) is 11.1. The molecule has 2 N–H and O–H groups in total. The molecule has 1 saturated heterocycles. The number of nitrogens with two attached hydrogens (primary N) is 1. The molecule has 1 saturated carbocycles. The van der Waals surface area contributed by atoms with Crippen LogP contribution >= 0.6 is 0 Å². The number of sulfone groups is 1. The van der Waals surface area contributed by atoms with Gasteiger partial charge < -0.3 is 5.73 Å². The Morgan fingerprint density at radius 1 is 1.12 bits per heavy atom. The van der Waals surface area contributed by atoms with E-state index in [9.17, 15) is 8.42 Å². The van der Waals surface area contributed by atoms with Crippen LogP contribution in [0, 0.1) is 5.92 Å². The molecule has 0 aromatic carbocycles. The topological polar surface area (TPSA) is 60.2 Å². The third-order valence-electron chi connectivity index (χ3n) is 4.79. The van der Waals surface area contributed by atoms with Crippen LogP contribution in [0.15, 0.2) is 0 Å². The maximum Gasteiger partial charge on any atom is 0.155 e. The van der Waals surface area contributed by atoms with Crippen LogP contribution in [0.5, 0.6) is 0 Å². The smallest absolute Gasteiger partial charge is 0.155 e. The highest BCUT2D eigenvalue weighted by atomic mass is 32.2. The summed E-state index contributed by atoms with van der Waals surface area (Å²) in [6.07, 6.45) is 6.31. The van der Waals surface area contributed by atoms with Gasteiger partial charge in [0.25, 0.3) is 0 Å². The number of hydrogen-bond acceptors (Lipinski definition) is 3. The minimum Gasteiger partial charge on any atom is -0.325 e. The van der Waals surface area contributed by atoms with E-state index in [1.54, 1.807) is 0 Å². The number of rotatable bonds is 1. The van der Waals surface area contributed by atoms with Crippen molar-refractivity contribution in [3.63, 3.8) is 0 Å². The fourth-order valence-corrected chi connectivity index (χ4v) is 5.50. The Balaban J connectivity index is 2.29. The summed E-state index contributed by atoms with van der Waals surface area (Å²) < 4.78 is 23.4. The predicted octanol–water partition coefficient (Wildman–Crippen LogP) is 1.86. The summed E-state index contributed by atoms with van der Waals surface area (Å²) in [6.45, 7) is 3.73. The van der Waals surface area contributed by atoms with Gasteiger partial charge in [-0.05, 0) is 39.0 Å².